The van der Waals surface area contributed by atoms with E-state index in [-0.39, 0.29) is 6.04 Å². The van der Waals surface area contributed by atoms with E-state index in [0.29, 0.717) is 21.6 Å². The van der Waals surface area contributed by atoms with Gasteiger partial charge in [-0.3, -0.25) is 0 Å². The number of hydrogen-bond acceptors (Lipinski definition) is 2. The summed E-state index contributed by atoms with van der Waals surface area (Å²) in [7, 11) is 0. The predicted molar refractivity (Wildman–Crippen MR) is 102 cm³/mol. The van der Waals surface area contributed by atoms with Crippen LogP contribution in [0.4, 0.5) is 0 Å². The van der Waals surface area contributed by atoms with Crippen LogP contribution in [0, 0.1) is 0 Å². The van der Waals surface area contributed by atoms with Gasteiger partial charge in [0.15, 0.2) is 0 Å². The molecule has 0 aliphatic carbocycles. The highest BCUT2D eigenvalue weighted by molar-refractivity contribution is 6.42. The molecule has 2 N–H and O–H groups in total. The van der Waals surface area contributed by atoms with Crippen molar-refractivity contribution >= 4 is 45.8 Å². The summed E-state index contributed by atoms with van der Waals surface area (Å²) in [5.41, 5.74) is 9.21. The number of aromatic nitrogens is 2. The first-order valence-corrected chi connectivity index (χ1v) is 8.98. The topological polar surface area (TPSA) is 43.8 Å². The summed E-state index contributed by atoms with van der Waals surface area (Å²) in [5, 5.41) is 1.72. The van der Waals surface area contributed by atoms with Gasteiger partial charge in [-0.1, -0.05) is 60.3 Å². The highest BCUT2D eigenvalue weighted by Gasteiger charge is 2.18. The average Bonchev–Trinajstić information content (AvgIpc) is 2.88. The van der Waals surface area contributed by atoms with Gasteiger partial charge in [0, 0.05) is 11.6 Å². The molecule has 1 atom stereocenters. The SMILES string of the molecule is CCC[C@H](N)c1nc2cc(Cl)c(Cl)cc2n1Cc1ccc(Cl)cc1. The Hall–Kier alpha value is -1.26. The Kier molecular flexibility index (Phi) is 5.36. The Labute approximate surface area is 156 Å². The summed E-state index contributed by atoms with van der Waals surface area (Å²) in [6.07, 6.45) is 1.86. The van der Waals surface area contributed by atoms with Crippen molar-refractivity contribution in [3.05, 3.63) is 62.9 Å². The quantitative estimate of drug-likeness (QED) is 0.602. The number of halogens is 3. The molecule has 0 saturated heterocycles. The van der Waals surface area contributed by atoms with E-state index in [4.69, 9.17) is 45.5 Å². The van der Waals surface area contributed by atoms with Gasteiger partial charge >= 0.3 is 0 Å². The second kappa shape index (κ2) is 7.32. The predicted octanol–water partition coefficient (Wildman–Crippen LogP) is 5.84. The van der Waals surface area contributed by atoms with Gasteiger partial charge in [0.25, 0.3) is 0 Å². The number of rotatable bonds is 5. The largest absolute Gasteiger partial charge is 0.322 e. The minimum absolute atomic E-state index is 0.132. The Morgan fingerprint density at radius 2 is 1.75 bits per heavy atom. The number of benzene rings is 2. The number of imidazole rings is 1. The Morgan fingerprint density at radius 3 is 2.42 bits per heavy atom. The highest BCUT2D eigenvalue weighted by Crippen LogP contribution is 2.31. The molecule has 0 radical (unpaired) electrons. The molecule has 24 heavy (non-hydrogen) atoms. The summed E-state index contributed by atoms with van der Waals surface area (Å²) in [6, 6.07) is 11.3. The number of fused-ring (bicyclic) bond motifs is 1. The van der Waals surface area contributed by atoms with Gasteiger partial charge in [-0.15, -0.1) is 0 Å². The molecule has 0 aliphatic rings. The molecule has 0 spiro atoms. The molecule has 0 fully saturated rings. The molecule has 0 bridgehead atoms. The van der Waals surface area contributed by atoms with Gasteiger partial charge in [0.05, 0.1) is 27.1 Å². The van der Waals surface area contributed by atoms with Gasteiger partial charge in [-0.25, -0.2) is 4.98 Å². The molecular weight excluding hydrogens is 365 g/mol. The van der Waals surface area contributed by atoms with Crippen molar-refractivity contribution in [3.63, 3.8) is 0 Å². The van der Waals surface area contributed by atoms with E-state index in [1.54, 1.807) is 6.07 Å². The summed E-state index contributed by atoms with van der Waals surface area (Å²) in [6.45, 7) is 2.76. The summed E-state index contributed by atoms with van der Waals surface area (Å²) in [5.74, 6) is 0.847. The van der Waals surface area contributed by atoms with E-state index in [1.165, 1.54) is 0 Å². The third kappa shape index (κ3) is 3.55. The summed E-state index contributed by atoms with van der Waals surface area (Å²) in [4.78, 5) is 4.72. The van der Waals surface area contributed by atoms with Crippen LogP contribution in [0.25, 0.3) is 11.0 Å². The van der Waals surface area contributed by atoms with Crippen molar-refractivity contribution in [1.82, 2.24) is 9.55 Å². The molecule has 6 heteroatoms. The van der Waals surface area contributed by atoms with Gasteiger partial charge in [0.2, 0.25) is 0 Å². The minimum atomic E-state index is -0.132. The van der Waals surface area contributed by atoms with Crippen LogP contribution in [0.5, 0.6) is 0 Å². The van der Waals surface area contributed by atoms with E-state index >= 15 is 0 Å². The van der Waals surface area contributed by atoms with Crippen molar-refractivity contribution in [2.75, 3.05) is 0 Å². The molecule has 3 nitrogen and oxygen atoms in total. The molecule has 3 aromatic rings. The van der Waals surface area contributed by atoms with Crippen molar-refractivity contribution in [3.8, 4) is 0 Å². The first kappa shape index (κ1) is 17.6. The van der Waals surface area contributed by atoms with Crippen molar-refractivity contribution < 1.29 is 0 Å². The van der Waals surface area contributed by atoms with E-state index < -0.39 is 0 Å². The first-order chi connectivity index (χ1) is 11.5. The second-order valence-electron chi connectivity index (χ2n) is 5.83. The van der Waals surface area contributed by atoms with Gasteiger partial charge in [-0.2, -0.15) is 0 Å². The zero-order valence-electron chi connectivity index (χ0n) is 13.3. The zero-order chi connectivity index (χ0) is 17.3. The number of nitrogens with two attached hydrogens (primary N) is 1. The maximum absolute atomic E-state index is 6.35. The number of hydrogen-bond donors (Lipinski definition) is 1. The molecule has 0 saturated carbocycles. The average molecular weight is 383 g/mol. The standard InChI is InChI=1S/C18H18Cl3N3/c1-2-3-15(22)18-23-16-8-13(20)14(21)9-17(16)24(18)10-11-4-6-12(19)7-5-11/h4-9,15H,2-3,10,22H2,1H3/t15-/m0/s1. The van der Waals surface area contributed by atoms with Crippen LogP contribution in [-0.2, 0) is 6.54 Å². The van der Waals surface area contributed by atoms with Crippen molar-refractivity contribution in [1.29, 1.82) is 0 Å². The fourth-order valence-electron chi connectivity index (χ4n) is 2.80. The maximum atomic E-state index is 6.35. The molecular formula is C18H18Cl3N3. The first-order valence-electron chi connectivity index (χ1n) is 7.84. The molecule has 0 aliphatic heterocycles. The van der Waals surface area contributed by atoms with Gasteiger partial charge in [-0.05, 0) is 36.2 Å². The van der Waals surface area contributed by atoms with E-state index in [1.807, 2.05) is 30.3 Å². The molecule has 126 valence electrons. The third-order valence-corrected chi connectivity index (χ3v) is 4.98. The van der Waals surface area contributed by atoms with Crippen molar-refractivity contribution in [2.45, 2.75) is 32.4 Å². The zero-order valence-corrected chi connectivity index (χ0v) is 15.5. The van der Waals surface area contributed by atoms with Crippen LogP contribution in [-0.4, -0.2) is 9.55 Å². The fourth-order valence-corrected chi connectivity index (χ4v) is 3.24. The third-order valence-electron chi connectivity index (χ3n) is 4.01. The molecule has 1 aromatic heterocycles. The van der Waals surface area contributed by atoms with E-state index in [0.717, 1.165) is 35.3 Å². The van der Waals surface area contributed by atoms with Crippen LogP contribution < -0.4 is 5.73 Å². The monoisotopic (exact) mass is 381 g/mol. The van der Waals surface area contributed by atoms with Gasteiger partial charge in [0.1, 0.15) is 5.82 Å². The lowest BCUT2D eigenvalue weighted by Crippen LogP contribution is -2.17. The van der Waals surface area contributed by atoms with Crippen LogP contribution in [0.15, 0.2) is 36.4 Å². The maximum Gasteiger partial charge on any atom is 0.127 e. The molecule has 0 amide bonds. The molecule has 3 rings (SSSR count). The molecule has 0 unspecified atom stereocenters. The number of nitrogens with zero attached hydrogens (tertiary/aromatic N) is 2. The summed E-state index contributed by atoms with van der Waals surface area (Å²) >= 11 is 18.3. The van der Waals surface area contributed by atoms with E-state index in [9.17, 15) is 0 Å². The molecule has 2 aromatic carbocycles. The normalized spacial score (nSPS) is 12.7. The second-order valence-corrected chi connectivity index (χ2v) is 7.08. The Bertz CT molecular complexity index is 856. The summed E-state index contributed by atoms with van der Waals surface area (Å²) < 4.78 is 2.11. The smallest absolute Gasteiger partial charge is 0.127 e. The van der Waals surface area contributed by atoms with E-state index in [2.05, 4.69) is 11.5 Å². The van der Waals surface area contributed by atoms with Crippen LogP contribution in [0.1, 0.15) is 37.2 Å². The lowest BCUT2D eigenvalue weighted by atomic mass is 10.1. The van der Waals surface area contributed by atoms with Crippen LogP contribution in [0.3, 0.4) is 0 Å². The van der Waals surface area contributed by atoms with Crippen LogP contribution >= 0.6 is 34.8 Å². The Balaban J connectivity index is 2.12. The van der Waals surface area contributed by atoms with Crippen LogP contribution in [0.2, 0.25) is 15.1 Å². The van der Waals surface area contributed by atoms with Crippen molar-refractivity contribution in [2.24, 2.45) is 5.73 Å². The lowest BCUT2D eigenvalue weighted by Gasteiger charge is -2.14. The Morgan fingerprint density at radius 1 is 1.08 bits per heavy atom. The fraction of sp³-hybridized carbons (Fsp3) is 0.278. The highest BCUT2D eigenvalue weighted by atomic mass is 35.5. The molecule has 1 heterocycles. The van der Waals surface area contributed by atoms with Gasteiger partial charge < -0.3 is 10.3 Å². The lowest BCUT2D eigenvalue weighted by molar-refractivity contribution is 0.572. The minimum Gasteiger partial charge on any atom is -0.322 e.